The van der Waals surface area contributed by atoms with E-state index in [0.29, 0.717) is 5.56 Å². The lowest BCUT2D eigenvalue weighted by Crippen LogP contribution is -2.19. The molecule has 1 atom stereocenters. The average molecular weight is 154 g/mol. The molecule has 2 heteroatoms. The maximum atomic E-state index is 13.3. The predicted octanol–water partition coefficient (Wildman–Crippen LogP) is 1.86. The molecule has 1 nitrogen and oxygen atoms in total. The molecule has 60 valence electrons. The lowest BCUT2D eigenvalue weighted by molar-refractivity contribution is 0.0868. The van der Waals surface area contributed by atoms with Crippen molar-refractivity contribution in [2.45, 2.75) is 12.6 Å². The van der Waals surface area contributed by atoms with E-state index in [2.05, 4.69) is 0 Å². The number of halogens is 1. The van der Waals surface area contributed by atoms with Crippen LogP contribution >= 0.6 is 0 Å². The van der Waals surface area contributed by atoms with E-state index < -0.39 is 12.3 Å². The highest BCUT2D eigenvalue weighted by Gasteiger charge is 2.23. The third kappa shape index (κ3) is 1.77. The number of hydrogen-bond acceptors (Lipinski definition) is 1. The smallest absolute Gasteiger partial charge is 0.156 e. The molecule has 0 unspecified atom stereocenters. The Morgan fingerprint density at radius 3 is 2.36 bits per heavy atom. The number of benzene rings is 1. The molecular formula is C9H11FO. The van der Waals surface area contributed by atoms with E-state index in [1.54, 1.807) is 24.3 Å². The molecule has 0 heterocycles. The summed E-state index contributed by atoms with van der Waals surface area (Å²) in [6.45, 7) is 0.888. The minimum Gasteiger partial charge on any atom is -0.393 e. The summed E-state index contributed by atoms with van der Waals surface area (Å²) in [5.41, 5.74) is -1.09. The van der Waals surface area contributed by atoms with Crippen LogP contribution < -0.4 is 0 Å². The van der Waals surface area contributed by atoms with Crippen LogP contribution in [-0.4, -0.2) is 11.7 Å². The fourth-order valence-electron chi connectivity index (χ4n) is 0.877. The van der Waals surface area contributed by atoms with Gasteiger partial charge >= 0.3 is 0 Å². The van der Waals surface area contributed by atoms with Crippen LogP contribution in [0.2, 0.25) is 0 Å². The van der Waals surface area contributed by atoms with E-state index >= 15 is 0 Å². The van der Waals surface area contributed by atoms with Crippen molar-refractivity contribution in [2.24, 2.45) is 0 Å². The SMILES string of the molecule is C[C@](F)(CO)c1ccccc1. The summed E-state index contributed by atoms with van der Waals surface area (Å²) >= 11 is 0. The van der Waals surface area contributed by atoms with Crippen molar-refractivity contribution in [2.75, 3.05) is 6.61 Å². The Labute approximate surface area is 65.5 Å². The average Bonchev–Trinajstić information content (AvgIpc) is 2.06. The fraction of sp³-hybridized carbons (Fsp3) is 0.333. The van der Waals surface area contributed by atoms with Gasteiger partial charge in [-0.15, -0.1) is 0 Å². The van der Waals surface area contributed by atoms with Crippen LogP contribution in [-0.2, 0) is 5.67 Å². The van der Waals surface area contributed by atoms with E-state index in [4.69, 9.17) is 5.11 Å². The molecule has 0 spiro atoms. The minimum absolute atomic E-state index is 0.475. The highest BCUT2D eigenvalue weighted by Crippen LogP contribution is 2.23. The van der Waals surface area contributed by atoms with Crippen LogP contribution in [0.3, 0.4) is 0 Å². The number of rotatable bonds is 2. The van der Waals surface area contributed by atoms with E-state index in [1.165, 1.54) is 6.92 Å². The van der Waals surface area contributed by atoms with Crippen LogP contribution in [0.5, 0.6) is 0 Å². The van der Waals surface area contributed by atoms with Crippen LogP contribution in [0.25, 0.3) is 0 Å². The van der Waals surface area contributed by atoms with Gasteiger partial charge in [0.25, 0.3) is 0 Å². The molecule has 0 aliphatic rings. The third-order valence-electron chi connectivity index (χ3n) is 1.67. The second kappa shape index (κ2) is 3.01. The first-order valence-electron chi connectivity index (χ1n) is 3.52. The quantitative estimate of drug-likeness (QED) is 0.689. The van der Waals surface area contributed by atoms with Gasteiger partial charge in [-0.2, -0.15) is 0 Å². The second-order valence-electron chi connectivity index (χ2n) is 2.72. The summed E-state index contributed by atoms with van der Waals surface area (Å²) in [6.07, 6.45) is 0. The van der Waals surface area contributed by atoms with Crippen molar-refractivity contribution in [3.05, 3.63) is 35.9 Å². The van der Waals surface area contributed by atoms with Gasteiger partial charge in [0.2, 0.25) is 0 Å². The Kier molecular flexibility index (Phi) is 2.25. The van der Waals surface area contributed by atoms with Crippen molar-refractivity contribution >= 4 is 0 Å². The number of aliphatic hydroxyl groups is 1. The largest absolute Gasteiger partial charge is 0.393 e. The molecule has 1 rings (SSSR count). The maximum absolute atomic E-state index is 13.3. The Balaban J connectivity index is 2.93. The number of aliphatic hydroxyl groups excluding tert-OH is 1. The van der Waals surface area contributed by atoms with Gasteiger partial charge in [0.1, 0.15) is 0 Å². The Bertz CT molecular complexity index is 218. The van der Waals surface area contributed by atoms with Crippen molar-refractivity contribution in [3.63, 3.8) is 0 Å². The molecule has 0 bridgehead atoms. The van der Waals surface area contributed by atoms with Gasteiger partial charge in [-0.05, 0) is 12.5 Å². The van der Waals surface area contributed by atoms with Crippen LogP contribution in [0.1, 0.15) is 12.5 Å². The fourth-order valence-corrected chi connectivity index (χ4v) is 0.877. The highest BCUT2D eigenvalue weighted by molar-refractivity contribution is 5.21. The summed E-state index contributed by atoms with van der Waals surface area (Å²) in [4.78, 5) is 0. The number of alkyl halides is 1. The van der Waals surface area contributed by atoms with Crippen LogP contribution in [0.15, 0.2) is 30.3 Å². The van der Waals surface area contributed by atoms with Gasteiger partial charge in [-0.25, -0.2) is 4.39 Å². The molecule has 0 radical (unpaired) electrons. The van der Waals surface area contributed by atoms with E-state index in [-0.39, 0.29) is 0 Å². The van der Waals surface area contributed by atoms with Crippen molar-refractivity contribution in [1.82, 2.24) is 0 Å². The molecule has 0 saturated heterocycles. The Hall–Kier alpha value is -0.890. The molecule has 11 heavy (non-hydrogen) atoms. The molecule has 0 amide bonds. The molecular weight excluding hydrogens is 143 g/mol. The van der Waals surface area contributed by atoms with Gasteiger partial charge in [0.05, 0.1) is 6.61 Å². The normalized spacial score (nSPS) is 15.9. The molecule has 1 aromatic carbocycles. The Morgan fingerprint density at radius 1 is 1.36 bits per heavy atom. The lowest BCUT2D eigenvalue weighted by atomic mass is 9.99. The van der Waals surface area contributed by atoms with Crippen LogP contribution in [0, 0.1) is 0 Å². The monoisotopic (exact) mass is 154 g/mol. The van der Waals surface area contributed by atoms with Gasteiger partial charge in [-0.1, -0.05) is 30.3 Å². The second-order valence-corrected chi connectivity index (χ2v) is 2.72. The number of hydrogen-bond donors (Lipinski definition) is 1. The lowest BCUT2D eigenvalue weighted by Gasteiger charge is -2.16. The van der Waals surface area contributed by atoms with E-state index in [1.807, 2.05) is 6.07 Å². The standard InChI is InChI=1S/C9H11FO/c1-9(10,7-11)8-5-3-2-4-6-8/h2-6,11H,7H2,1H3/t9-/m0/s1. The zero-order valence-corrected chi connectivity index (χ0v) is 6.42. The summed E-state index contributed by atoms with van der Waals surface area (Å²) in [5, 5.41) is 8.67. The van der Waals surface area contributed by atoms with Gasteiger partial charge in [0, 0.05) is 0 Å². The van der Waals surface area contributed by atoms with Gasteiger partial charge < -0.3 is 5.11 Å². The zero-order chi connectivity index (χ0) is 8.32. The Morgan fingerprint density at radius 2 is 1.91 bits per heavy atom. The summed E-state index contributed by atoms with van der Waals surface area (Å²) in [6, 6.07) is 8.65. The summed E-state index contributed by atoms with van der Waals surface area (Å²) < 4.78 is 13.3. The van der Waals surface area contributed by atoms with E-state index in [0.717, 1.165) is 0 Å². The molecule has 1 N–H and O–H groups in total. The molecule has 0 saturated carbocycles. The maximum Gasteiger partial charge on any atom is 0.156 e. The topological polar surface area (TPSA) is 20.2 Å². The first kappa shape index (κ1) is 8.21. The molecule has 0 aromatic heterocycles. The summed E-state index contributed by atoms with van der Waals surface area (Å²) in [5.74, 6) is 0. The van der Waals surface area contributed by atoms with E-state index in [9.17, 15) is 4.39 Å². The van der Waals surface area contributed by atoms with Crippen molar-refractivity contribution in [1.29, 1.82) is 0 Å². The molecule has 0 fully saturated rings. The van der Waals surface area contributed by atoms with Gasteiger partial charge in [0.15, 0.2) is 5.67 Å². The molecule has 1 aromatic rings. The van der Waals surface area contributed by atoms with Gasteiger partial charge in [-0.3, -0.25) is 0 Å². The minimum atomic E-state index is -1.61. The molecule has 0 aliphatic heterocycles. The van der Waals surface area contributed by atoms with Crippen molar-refractivity contribution in [3.8, 4) is 0 Å². The van der Waals surface area contributed by atoms with Crippen LogP contribution in [0.4, 0.5) is 4.39 Å². The first-order chi connectivity index (χ1) is 5.17. The van der Waals surface area contributed by atoms with Crippen molar-refractivity contribution < 1.29 is 9.50 Å². The summed E-state index contributed by atoms with van der Waals surface area (Å²) in [7, 11) is 0. The zero-order valence-electron chi connectivity index (χ0n) is 6.42. The third-order valence-corrected chi connectivity index (χ3v) is 1.67. The predicted molar refractivity (Wildman–Crippen MR) is 42.0 cm³/mol. The molecule has 0 aliphatic carbocycles. The first-order valence-corrected chi connectivity index (χ1v) is 3.52. The highest BCUT2D eigenvalue weighted by atomic mass is 19.1.